The Morgan fingerprint density at radius 3 is 2.64 bits per heavy atom. The van der Waals surface area contributed by atoms with Crippen molar-refractivity contribution in [1.82, 2.24) is 19.4 Å². The maximum atomic E-state index is 14.2. The summed E-state index contributed by atoms with van der Waals surface area (Å²) in [5.41, 5.74) is 0.492. The fourth-order valence-electron chi connectivity index (χ4n) is 2.46. The van der Waals surface area contributed by atoms with Crippen molar-refractivity contribution in [2.24, 2.45) is 0 Å². The Hall–Kier alpha value is -3.03. The van der Waals surface area contributed by atoms with Gasteiger partial charge in [-0.3, -0.25) is 9.36 Å². The van der Waals surface area contributed by atoms with E-state index in [0.717, 1.165) is 10.6 Å². The number of halogens is 3. The Bertz CT molecular complexity index is 859. The lowest BCUT2D eigenvalue weighted by atomic mass is 10.2. The molecule has 0 aliphatic rings. The van der Waals surface area contributed by atoms with Crippen LogP contribution in [0.2, 0.25) is 0 Å². The molecule has 0 saturated carbocycles. The number of aromatic nitrogens is 3. The highest BCUT2D eigenvalue weighted by molar-refractivity contribution is 5.94. The number of benzene rings is 1. The zero-order valence-electron chi connectivity index (χ0n) is 13.1. The first kappa shape index (κ1) is 16.8. The van der Waals surface area contributed by atoms with E-state index < -0.39 is 18.3 Å². The minimum atomic E-state index is -2.68. The highest BCUT2D eigenvalue weighted by Gasteiger charge is 2.13. The molecule has 2 heterocycles. The fourth-order valence-corrected chi connectivity index (χ4v) is 2.46. The molecule has 0 bridgehead atoms. The molecule has 25 heavy (non-hydrogen) atoms. The Balaban J connectivity index is 1.62. The zero-order chi connectivity index (χ0) is 17.8. The number of carbonyl (C=O) groups excluding carboxylic acids is 1. The maximum Gasteiger partial charge on any atom is 0.319 e. The van der Waals surface area contributed by atoms with Gasteiger partial charge in [-0.15, -0.1) is 0 Å². The number of hydrogen-bond donors (Lipinski definition) is 1. The van der Waals surface area contributed by atoms with Gasteiger partial charge in [0.15, 0.2) is 0 Å². The van der Waals surface area contributed by atoms with Gasteiger partial charge < -0.3 is 9.88 Å². The summed E-state index contributed by atoms with van der Waals surface area (Å²) in [6, 6.07) is 7.69. The van der Waals surface area contributed by atoms with E-state index in [2.05, 4.69) is 10.3 Å². The molecule has 0 radical (unpaired) electrons. The van der Waals surface area contributed by atoms with Gasteiger partial charge >= 0.3 is 6.55 Å². The van der Waals surface area contributed by atoms with Gasteiger partial charge in [-0.2, -0.15) is 8.78 Å². The van der Waals surface area contributed by atoms with E-state index in [0.29, 0.717) is 5.69 Å². The largest absolute Gasteiger partial charge is 0.352 e. The molecule has 8 heteroatoms. The summed E-state index contributed by atoms with van der Waals surface area (Å²) in [4.78, 5) is 15.9. The minimum absolute atomic E-state index is 0.115. The smallest absolute Gasteiger partial charge is 0.319 e. The fraction of sp³-hybridized carbons (Fsp3) is 0.176. The summed E-state index contributed by atoms with van der Waals surface area (Å²) in [5.74, 6) is -0.838. The van der Waals surface area contributed by atoms with E-state index in [1.54, 1.807) is 29.1 Å². The average molecular weight is 348 g/mol. The maximum absolute atomic E-state index is 14.2. The first-order valence-electron chi connectivity index (χ1n) is 7.57. The van der Waals surface area contributed by atoms with Gasteiger partial charge in [0.1, 0.15) is 11.6 Å². The van der Waals surface area contributed by atoms with Crippen LogP contribution in [0.5, 0.6) is 0 Å². The van der Waals surface area contributed by atoms with Crippen LogP contribution < -0.4 is 5.32 Å². The van der Waals surface area contributed by atoms with Gasteiger partial charge in [0.05, 0.1) is 5.69 Å². The minimum Gasteiger partial charge on any atom is -0.352 e. The van der Waals surface area contributed by atoms with E-state index in [4.69, 9.17) is 0 Å². The van der Waals surface area contributed by atoms with E-state index >= 15 is 0 Å². The summed E-state index contributed by atoms with van der Waals surface area (Å²) in [5, 5.41) is 2.57. The molecule has 0 fully saturated rings. The van der Waals surface area contributed by atoms with E-state index in [9.17, 15) is 18.0 Å². The lowest BCUT2D eigenvalue weighted by molar-refractivity contribution is 0.0670. The number of nitrogens with zero attached hydrogens (tertiary/aromatic N) is 3. The molecule has 1 aromatic carbocycles. The molecule has 0 spiro atoms. The number of carbonyl (C=O) groups is 1. The third-order valence-electron chi connectivity index (χ3n) is 3.69. The van der Waals surface area contributed by atoms with Crippen molar-refractivity contribution in [1.29, 1.82) is 0 Å². The van der Waals surface area contributed by atoms with Gasteiger partial charge in [0.25, 0.3) is 5.91 Å². The van der Waals surface area contributed by atoms with Crippen molar-refractivity contribution in [3.63, 3.8) is 0 Å². The second kappa shape index (κ2) is 7.25. The molecule has 3 rings (SSSR count). The first-order valence-corrected chi connectivity index (χ1v) is 7.57. The number of alkyl halides is 2. The van der Waals surface area contributed by atoms with Crippen LogP contribution in [-0.2, 0) is 6.42 Å². The number of amides is 1. The molecule has 1 amide bonds. The van der Waals surface area contributed by atoms with Crippen LogP contribution in [0.3, 0.4) is 0 Å². The lowest BCUT2D eigenvalue weighted by Gasteiger charge is -2.09. The van der Waals surface area contributed by atoms with E-state index in [1.165, 1.54) is 24.5 Å². The second-order valence-corrected chi connectivity index (χ2v) is 5.29. The predicted molar refractivity (Wildman–Crippen MR) is 85.2 cm³/mol. The first-order chi connectivity index (χ1) is 12.1. The van der Waals surface area contributed by atoms with Crippen LogP contribution in [0.4, 0.5) is 13.2 Å². The number of imidazole rings is 1. The molecule has 0 saturated heterocycles. The van der Waals surface area contributed by atoms with Crippen LogP contribution in [0.15, 0.2) is 55.1 Å². The van der Waals surface area contributed by atoms with Crippen LogP contribution in [-0.4, -0.2) is 26.6 Å². The Morgan fingerprint density at radius 1 is 1.20 bits per heavy atom. The molecule has 0 aliphatic carbocycles. The lowest BCUT2D eigenvalue weighted by Crippen LogP contribution is -2.26. The van der Waals surface area contributed by atoms with Gasteiger partial charge in [-0.05, 0) is 30.3 Å². The second-order valence-electron chi connectivity index (χ2n) is 5.29. The topological polar surface area (TPSA) is 51.9 Å². The average Bonchev–Trinajstić information content (AvgIpc) is 3.26. The van der Waals surface area contributed by atoms with Crippen LogP contribution >= 0.6 is 0 Å². The predicted octanol–water partition coefficient (Wildman–Crippen LogP) is 3.18. The highest BCUT2D eigenvalue weighted by atomic mass is 19.3. The van der Waals surface area contributed by atoms with Gasteiger partial charge in [-0.1, -0.05) is 0 Å². The molecule has 0 aliphatic heterocycles. The van der Waals surface area contributed by atoms with Crippen molar-refractivity contribution < 1.29 is 18.0 Å². The van der Waals surface area contributed by atoms with Crippen molar-refractivity contribution in [3.05, 3.63) is 72.3 Å². The van der Waals surface area contributed by atoms with E-state index in [1.807, 2.05) is 0 Å². The number of rotatable bonds is 6. The molecule has 1 N–H and O–H groups in total. The number of nitrogens with one attached hydrogen (secondary N) is 1. The van der Waals surface area contributed by atoms with Crippen molar-refractivity contribution in [2.75, 3.05) is 6.54 Å². The highest BCUT2D eigenvalue weighted by Crippen LogP contribution is 2.16. The summed E-state index contributed by atoms with van der Waals surface area (Å²) < 4.78 is 41.9. The molecule has 3 aromatic rings. The summed E-state index contributed by atoms with van der Waals surface area (Å²) in [7, 11) is 0. The zero-order valence-corrected chi connectivity index (χ0v) is 13.1. The summed E-state index contributed by atoms with van der Waals surface area (Å²) in [6.07, 6.45) is 6.00. The molecular formula is C17H15F3N4O. The Labute approximate surface area is 141 Å². The summed E-state index contributed by atoms with van der Waals surface area (Å²) in [6.45, 7) is -2.56. The van der Waals surface area contributed by atoms with Gasteiger partial charge in [0, 0.05) is 43.3 Å². The third-order valence-corrected chi connectivity index (χ3v) is 3.69. The molecule has 0 unspecified atom stereocenters. The van der Waals surface area contributed by atoms with Crippen molar-refractivity contribution in [2.45, 2.75) is 13.0 Å². The van der Waals surface area contributed by atoms with Crippen molar-refractivity contribution in [3.8, 4) is 5.69 Å². The number of hydrogen-bond acceptors (Lipinski definition) is 2. The van der Waals surface area contributed by atoms with Crippen LogP contribution in [0.1, 0.15) is 22.7 Å². The molecule has 130 valence electrons. The monoisotopic (exact) mass is 348 g/mol. The standard InChI is InChI=1S/C17H15F3N4O/c18-13-11-12(3-4-14(13)23-8-1-2-9-23)16(25)22-6-5-15-21-7-10-24(15)17(19)20/h1-4,7-11,17H,5-6H2,(H,22,25). The summed E-state index contributed by atoms with van der Waals surface area (Å²) >= 11 is 0. The van der Waals surface area contributed by atoms with Crippen LogP contribution in [0.25, 0.3) is 5.69 Å². The SMILES string of the molecule is O=C(NCCc1nccn1C(F)F)c1ccc(-n2cccc2)c(F)c1. The molecule has 0 atom stereocenters. The Morgan fingerprint density at radius 2 is 1.96 bits per heavy atom. The molecule has 5 nitrogen and oxygen atoms in total. The van der Waals surface area contributed by atoms with E-state index in [-0.39, 0.29) is 24.4 Å². The van der Waals surface area contributed by atoms with Gasteiger partial charge in [-0.25, -0.2) is 9.37 Å². The third kappa shape index (κ3) is 3.73. The van der Waals surface area contributed by atoms with Crippen molar-refractivity contribution >= 4 is 5.91 Å². The van der Waals surface area contributed by atoms with Gasteiger partial charge in [0.2, 0.25) is 0 Å². The molecule has 2 aromatic heterocycles. The van der Waals surface area contributed by atoms with Crippen LogP contribution in [0, 0.1) is 5.82 Å². The quantitative estimate of drug-likeness (QED) is 0.744. The molecular weight excluding hydrogens is 333 g/mol. The normalized spacial score (nSPS) is 11.0. The Kier molecular flexibility index (Phi) is 4.87.